The van der Waals surface area contributed by atoms with E-state index in [1.165, 1.54) is 0 Å². The van der Waals surface area contributed by atoms with Crippen molar-refractivity contribution in [3.8, 4) is 0 Å². The molecule has 2 N–H and O–H groups in total. The first-order chi connectivity index (χ1) is 6.77. The Hall–Kier alpha value is -1.22. The van der Waals surface area contributed by atoms with E-state index >= 15 is 0 Å². The van der Waals surface area contributed by atoms with Crippen molar-refractivity contribution in [1.82, 2.24) is 4.98 Å². The highest BCUT2D eigenvalue weighted by Crippen LogP contribution is 2.30. The van der Waals surface area contributed by atoms with Crippen LogP contribution in [0.2, 0.25) is 0 Å². The third-order valence-electron chi connectivity index (χ3n) is 2.50. The van der Waals surface area contributed by atoms with Crippen molar-refractivity contribution in [1.29, 1.82) is 0 Å². The van der Waals surface area contributed by atoms with Crippen LogP contribution in [-0.4, -0.2) is 16.8 Å². The van der Waals surface area contributed by atoms with Crippen LogP contribution in [0.4, 0.5) is 0 Å². The Morgan fingerprint density at radius 3 is 2.93 bits per heavy atom. The zero-order chi connectivity index (χ0) is 9.97. The number of Topliss-reactive ketones (excluding diaryl/α,β-unsaturated/α-hetero) is 1. The summed E-state index contributed by atoms with van der Waals surface area (Å²) in [5.74, 6) is 0.448. The third-order valence-corrected chi connectivity index (χ3v) is 2.50. The topological polar surface area (TPSA) is 56.0 Å². The summed E-state index contributed by atoms with van der Waals surface area (Å²) in [7, 11) is 0. The minimum atomic E-state index is -0.364. The standard InChI is InChI=1S/C11H14N2O/c12-10(11(14)8-4-5-8)7-9-3-1-2-6-13-9/h1-3,6,8,10H,4-5,7,12H2. The number of aromatic nitrogens is 1. The number of carbonyl (C=O) groups excluding carboxylic acids is 1. The predicted molar refractivity (Wildman–Crippen MR) is 53.6 cm³/mol. The van der Waals surface area contributed by atoms with Gasteiger partial charge in [0.15, 0.2) is 5.78 Å². The van der Waals surface area contributed by atoms with E-state index in [1.807, 2.05) is 18.2 Å². The molecule has 0 spiro atoms. The summed E-state index contributed by atoms with van der Waals surface area (Å²) < 4.78 is 0. The lowest BCUT2D eigenvalue weighted by Gasteiger charge is -2.08. The van der Waals surface area contributed by atoms with E-state index in [0.29, 0.717) is 6.42 Å². The summed E-state index contributed by atoms with van der Waals surface area (Å²) in [6.07, 6.45) is 4.34. The number of rotatable bonds is 4. The lowest BCUT2D eigenvalue weighted by atomic mass is 10.0. The van der Waals surface area contributed by atoms with Crippen LogP contribution in [0.25, 0.3) is 0 Å². The van der Waals surface area contributed by atoms with Crippen molar-refractivity contribution in [2.24, 2.45) is 11.7 Å². The van der Waals surface area contributed by atoms with Gasteiger partial charge in [-0.05, 0) is 25.0 Å². The molecular formula is C11H14N2O. The minimum Gasteiger partial charge on any atom is -0.321 e. The maximum absolute atomic E-state index is 11.6. The van der Waals surface area contributed by atoms with Gasteiger partial charge in [0, 0.05) is 24.2 Å². The molecule has 74 valence electrons. The average Bonchev–Trinajstić information content (AvgIpc) is 3.01. The average molecular weight is 190 g/mol. The lowest BCUT2D eigenvalue weighted by molar-refractivity contribution is -0.121. The van der Waals surface area contributed by atoms with Crippen LogP contribution in [0, 0.1) is 5.92 Å². The Balaban J connectivity index is 1.93. The van der Waals surface area contributed by atoms with Gasteiger partial charge in [0.1, 0.15) is 0 Å². The molecule has 1 unspecified atom stereocenters. The van der Waals surface area contributed by atoms with Gasteiger partial charge >= 0.3 is 0 Å². The molecule has 1 aromatic heterocycles. The molecule has 0 saturated heterocycles. The quantitative estimate of drug-likeness (QED) is 0.768. The van der Waals surface area contributed by atoms with Crippen LogP contribution in [0.15, 0.2) is 24.4 Å². The maximum Gasteiger partial charge on any atom is 0.152 e. The Bertz CT molecular complexity index is 319. The first-order valence-corrected chi connectivity index (χ1v) is 4.96. The number of hydrogen-bond donors (Lipinski definition) is 1. The van der Waals surface area contributed by atoms with Crippen LogP contribution in [0.1, 0.15) is 18.5 Å². The van der Waals surface area contributed by atoms with Gasteiger partial charge in [0.05, 0.1) is 6.04 Å². The zero-order valence-corrected chi connectivity index (χ0v) is 8.02. The van der Waals surface area contributed by atoms with Crippen LogP contribution in [-0.2, 0) is 11.2 Å². The van der Waals surface area contributed by atoms with Gasteiger partial charge in [-0.3, -0.25) is 9.78 Å². The smallest absolute Gasteiger partial charge is 0.152 e. The number of nitrogens with two attached hydrogens (primary N) is 1. The van der Waals surface area contributed by atoms with Crippen LogP contribution < -0.4 is 5.73 Å². The first-order valence-electron chi connectivity index (χ1n) is 4.96. The van der Waals surface area contributed by atoms with Crippen molar-refractivity contribution in [3.63, 3.8) is 0 Å². The summed E-state index contributed by atoms with van der Waals surface area (Å²) in [5.41, 5.74) is 6.70. The monoisotopic (exact) mass is 190 g/mol. The van der Waals surface area contributed by atoms with Crippen molar-refractivity contribution >= 4 is 5.78 Å². The van der Waals surface area contributed by atoms with E-state index in [0.717, 1.165) is 18.5 Å². The molecule has 1 aliphatic carbocycles. The van der Waals surface area contributed by atoms with Crippen molar-refractivity contribution < 1.29 is 4.79 Å². The van der Waals surface area contributed by atoms with E-state index in [1.54, 1.807) is 6.20 Å². The van der Waals surface area contributed by atoms with Gasteiger partial charge in [-0.2, -0.15) is 0 Å². The molecule has 0 amide bonds. The molecule has 1 aromatic rings. The summed E-state index contributed by atoms with van der Waals surface area (Å²) in [6, 6.07) is 5.31. The van der Waals surface area contributed by atoms with Crippen molar-refractivity contribution in [2.45, 2.75) is 25.3 Å². The molecular weight excluding hydrogens is 176 g/mol. The predicted octanol–water partition coefficient (Wildman–Crippen LogP) is 0.931. The van der Waals surface area contributed by atoms with Crippen molar-refractivity contribution in [2.75, 3.05) is 0 Å². The Morgan fingerprint density at radius 2 is 2.36 bits per heavy atom. The first kappa shape index (κ1) is 9.34. The van der Waals surface area contributed by atoms with Gasteiger partial charge in [0.2, 0.25) is 0 Å². The second-order valence-electron chi connectivity index (χ2n) is 3.81. The lowest BCUT2D eigenvalue weighted by Crippen LogP contribution is -2.34. The summed E-state index contributed by atoms with van der Waals surface area (Å²) in [5, 5.41) is 0. The normalized spacial score (nSPS) is 17.8. The number of pyridine rings is 1. The van der Waals surface area contributed by atoms with Gasteiger partial charge in [-0.15, -0.1) is 0 Å². The molecule has 14 heavy (non-hydrogen) atoms. The van der Waals surface area contributed by atoms with E-state index in [-0.39, 0.29) is 17.7 Å². The van der Waals surface area contributed by atoms with Gasteiger partial charge in [0.25, 0.3) is 0 Å². The van der Waals surface area contributed by atoms with Gasteiger partial charge < -0.3 is 5.73 Å². The molecule has 0 aliphatic heterocycles. The fourth-order valence-electron chi connectivity index (χ4n) is 1.52. The number of nitrogens with zero attached hydrogens (tertiary/aromatic N) is 1. The molecule has 1 aliphatic rings. The molecule has 1 saturated carbocycles. The summed E-state index contributed by atoms with van der Waals surface area (Å²) in [6.45, 7) is 0. The minimum absolute atomic E-state index is 0.204. The van der Waals surface area contributed by atoms with Crippen LogP contribution >= 0.6 is 0 Å². The summed E-state index contributed by atoms with van der Waals surface area (Å²) >= 11 is 0. The molecule has 1 fully saturated rings. The second-order valence-corrected chi connectivity index (χ2v) is 3.81. The third kappa shape index (κ3) is 2.17. The zero-order valence-electron chi connectivity index (χ0n) is 8.02. The van der Waals surface area contributed by atoms with Crippen LogP contribution in [0.3, 0.4) is 0 Å². The van der Waals surface area contributed by atoms with E-state index in [2.05, 4.69) is 4.98 Å². The molecule has 1 atom stereocenters. The molecule has 2 rings (SSSR count). The van der Waals surface area contributed by atoms with E-state index in [9.17, 15) is 4.79 Å². The number of hydrogen-bond acceptors (Lipinski definition) is 3. The van der Waals surface area contributed by atoms with E-state index in [4.69, 9.17) is 5.73 Å². The van der Waals surface area contributed by atoms with Gasteiger partial charge in [-0.1, -0.05) is 6.07 Å². The largest absolute Gasteiger partial charge is 0.321 e. The maximum atomic E-state index is 11.6. The highest BCUT2D eigenvalue weighted by Gasteiger charge is 2.33. The molecule has 3 nitrogen and oxygen atoms in total. The molecule has 1 heterocycles. The molecule has 0 radical (unpaired) electrons. The Morgan fingerprint density at radius 1 is 1.57 bits per heavy atom. The molecule has 0 aromatic carbocycles. The van der Waals surface area contributed by atoms with Crippen LogP contribution in [0.5, 0.6) is 0 Å². The number of carbonyl (C=O) groups is 1. The van der Waals surface area contributed by atoms with E-state index < -0.39 is 0 Å². The highest BCUT2D eigenvalue weighted by atomic mass is 16.1. The number of ketones is 1. The van der Waals surface area contributed by atoms with Crippen molar-refractivity contribution in [3.05, 3.63) is 30.1 Å². The highest BCUT2D eigenvalue weighted by molar-refractivity contribution is 5.88. The Labute approximate surface area is 83.3 Å². The SMILES string of the molecule is NC(Cc1ccccn1)C(=O)C1CC1. The van der Waals surface area contributed by atoms with Gasteiger partial charge in [-0.25, -0.2) is 0 Å². The Kier molecular flexibility index (Phi) is 2.59. The summed E-state index contributed by atoms with van der Waals surface area (Å²) in [4.78, 5) is 15.7. The fourth-order valence-corrected chi connectivity index (χ4v) is 1.52. The molecule has 0 bridgehead atoms. The molecule has 3 heteroatoms. The fraction of sp³-hybridized carbons (Fsp3) is 0.455. The second kappa shape index (κ2) is 3.88.